The van der Waals surface area contributed by atoms with Gasteiger partial charge < -0.3 is 9.84 Å². The molecule has 1 N–H and O–H groups in total. The number of para-hydroxylation sites is 2. The summed E-state index contributed by atoms with van der Waals surface area (Å²) in [4.78, 5) is 53.8. The molecule has 2 unspecified atom stereocenters. The zero-order valence-corrected chi connectivity index (χ0v) is 21.6. The summed E-state index contributed by atoms with van der Waals surface area (Å²) >= 11 is 3.22. The number of ketones is 2. The summed E-state index contributed by atoms with van der Waals surface area (Å²) in [7, 11) is 0. The number of nitrogens with zero attached hydrogens (tertiary/aromatic N) is 3. The van der Waals surface area contributed by atoms with Gasteiger partial charge in [-0.05, 0) is 39.7 Å². The Balaban J connectivity index is 1.58. The van der Waals surface area contributed by atoms with Gasteiger partial charge in [0.25, 0.3) is 0 Å². The highest BCUT2D eigenvalue weighted by molar-refractivity contribution is 9.12. The Morgan fingerprint density at radius 2 is 1.71 bits per heavy atom. The van der Waals surface area contributed by atoms with Crippen molar-refractivity contribution < 1.29 is 19.4 Å². The number of benzene rings is 2. The van der Waals surface area contributed by atoms with Crippen LogP contribution < -0.4 is 16.1 Å². The van der Waals surface area contributed by atoms with Gasteiger partial charge >= 0.3 is 11.4 Å². The topological polar surface area (TPSA) is 113 Å². The van der Waals surface area contributed by atoms with Crippen LogP contribution in [0, 0.1) is 0 Å². The molecule has 2 heterocycles. The standard InChI is InChI=1S/C28H22BrN3O6/c29-20-15-22(34)25-19(26(20)35)14-21-17(24(25)18-8-4-5-9-23(18)38-13-12-33)10-11-30-27(36)31(28(37)32(21)30)16-6-2-1-3-7-16/h1-10,15,21,24,33H,11-14H2. The van der Waals surface area contributed by atoms with Gasteiger partial charge in [-0.2, -0.15) is 0 Å². The molecule has 0 fully saturated rings. The van der Waals surface area contributed by atoms with Gasteiger partial charge in [-0.25, -0.2) is 23.5 Å². The number of hydrogen-bond acceptors (Lipinski definition) is 6. The Hall–Kier alpha value is -4.02. The van der Waals surface area contributed by atoms with Crippen LogP contribution in [-0.2, 0) is 16.1 Å². The molecule has 0 saturated heterocycles. The molecular formula is C28H22BrN3O6. The van der Waals surface area contributed by atoms with Crippen molar-refractivity contribution in [1.82, 2.24) is 13.9 Å². The first-order valence-electron chi connectivity index (χ1n) is 12.1. The Morgan fingerprint density at radius 3 is 2.47 bits per heavy atom. The number of fused-ring (bicyclic) bond motifs is 3. The second-order valence-electron chi connectivity index (χ2n) is 9.21. The van der Waals surface area contributed by atoms with E-state index in [1.165, 1.54) is 15.4 Å². The normalized spacial score (nSPS) is 20.4. The molecule has 38 heavy (non-hydrogen) atoms. The molecule has 2 atom stereocenters. The summed E-state index contributed by atoms with van der Waals surface area (Å²) in [5.74, 6) is -0.842. The van der Waals surface area contributed by atoms with E-state index in [-0.39, 0.29) is 42.2 Å². The van der Waals surface area contributed by atoms with Crippen LogP contribution >= 0.6 is 15.9 Å². The van der Waals surface area contributed by atoms with Crippen molar-refractivity contribution in [2.75, 3.05) is 13.2 Å². The van der Waals surface area contributed by atoms with E-state index < -0.39 is 23.3 Å². The molecule has 0 saturated carbocycles. The van der Waals surface area contributed by atoms with Gasteiger partial charge in [0, 0.05) is 35.1 Å². The highest BCUT2D eigenvalue weighted by Crippen LogP contribution is 2.51. The molecule has 0 radical (unpaired) electrons. The summed E-state index contributed by atoms with van der Waals surface area (Å²) in [6.45, 7) is -0.0183. The average Bonchev–Trinajstić information content (AvgIpc) is 3.19. The largest absolute Gasteiger partial charge is 0.491 e. The number of aliphatic hydroxyl groups excluding tert-OH is 1. The van der Waals surface area contributed by atoms with Crippen molar-refractivity contribution in [1.29, 1.82) is 0 Å². The molecular weight excluding hydrogens is 554 g/mol. The molecule has 10 heteroatoms. The van der Waals surface area contributed by atoms with Gasteiger partial charge in [0.2, 0.25) is 0 Å². The second-order valence-corrected chi connectivity index (χ2v) is 10.1. The monoisotopic (exact) mass is 575 g/mol. The van der Waals surface area contributed by atoms with Crippen molar-refractivity contribution in [2.24, 2.45) is 0 Å². The van der Waals surface area contributed by atoms with Crippen LogP contribution in [0.5, 0.6) is 5.75 Å². The Bertz CT molecular complexity index is 1710. The zero-order chi connectivity index (χ0) is 26.6. The Labute approximate surface area is 224 Å². The maximum atomic E-state index is 13.7. The summed E-state index contributed by atoms with van der Waals surface area (Å²) in [6, 6.07) is 15.2. The smallest absolute Gasteiger partial charge is 0.352 e. The van der Waals surface area contributed by atoms with E-state index in [1.807, 2.05) is 18.2 Å². The minimum absolute atomic E-state index is 0.0510. The maximum absolute atomic E-state index is 13.7. The van der Waals surface area contributed by atoms with E-state index in [9.17, 15) is 24.3 Å². The van der Waals surface area contributed by atoms with E-state index in [0.717, 1.165) is 10.1 Å². The zero-order valence-electron chi connectivity index (χ0n) is 20.0. The lowest BCUT2D eigenvalue weighted by molar-refractivity contribution is -0.115. The summed E-state index contributed by atoms with van der Waals surface area (Å²) < 4.78 is 9.86. The van der Waals surface area contributed by atoms with Gasteiger partial charge in [-0.15, -0.1) is 0 Å². The van der Waals surface area contributed by atoms with Crippen molar-refractivity contribution in [3.63, 3.8) is 0 Å². The van der Waals surface area contributed by atoms with Crippen LogP contribution in [0.4, 0.5) is 0 Å². The lowest BCUT2D eigenvalue weighted by atomic mass is 9.68. The van der Waals surface area contributed by atoms with E-state index in [2.05, 4.69) is 15.9 Å². The average molecular weight is 576 g/mol. The Morgan fingerprint density at radius 1 is 0.974 bits per heavy atom. The predicted octanol–water partition coefficient (Wildman–Crippen LogP) is 2.57. The fourth-order valence-corrected chi connectivity index (χ4v) is 6.09. The molecule has 2 aromatic carbocycles. The first kappa shape index (κ1) is 24.3. The lowest BCUT2D eigenvalue weighted by Gasteiger charge is -2.39. The van der Waals surface area contributed by atoms with Crippen molar-refractivity contribution in [2.45, 2.75) is 24.9 Å². The van der Waals surface area contributed by atoms with Crippen LogP contribution in [0.25, 0.3) is 5.69 Å². The number of carbonyl (C=O) groups excluding carboxylic acids is 2. The molecule has 9 nitrogen and oxygen atoms in total. The number of halogens is 1. The quantitative estimate of drug-likeness (QED) is 0.369. The van der Waals surface area contributed by atoms with E-state index >= 15 is 0 Å². The number of ether oxygens (including phenoxy) is 1. The van der Waals surface area contributed by atoms with Gasteiger partial charge in [0.1, 0.15) is 12.4 Å². The highest BCUT2D eigenvalue weighted by atomic mass is 79.9. The Kier molecular flexibility index (Phi) is 6.00. The summed E-state index contributed by atoms with van der Waals surface area (Å²) in [6.07, 6.45) is 3.23. The number of rotatable bonds is 5. The highest BCUT2D eigenvalue weighted by Gasteiger charge is 2.45. The fourth-order valence-electron chi connectivity index (χ4n) is 5.64. The summed E-state index contributed by atoms with van der Waals surface area (Å²) in [5, 5.41) is 9.34. The van der Waals surface area contributed by atoms with Crippen LogP contribution in [0.15, 0.2) is 97.5 Å². The van der Waals surface area contributed by atoms with Crippen LogP contribution in [-0.4, -0.2) is 43.8 Å². The van der Waals surface area contributed by atoms with Crippen molar-refractivity contribution in [3.05, 3.63) is 114 Å². The lowest BCUT2D eigenvalue weighted by Crippen LogP contribution is -2.40. The van der Waals surface area contributed by atoms with Crippen molar-refractivity contribution >= 4 is 27.5 Å². The molecule has 3 aromatic rings. The molecule has 0 amide bonds. The number of Topliss-reactive ketones (excluding diaryl/α,β-unsaturated/α-hetero) is 1. The molecule has 3 aliphatic rings. The third-order valence-corrected chi connectivity index (χ3v) is 7.78. The van der Waals surface area contributed by atoms with Gasteiger partial charge in [-0.1, -0.05) is 42.5 Å². The number of allylic oxidation sites excluding steroid dienone is 6. The molecule has 0 spiro atoms. The third kappa shape index (κ3) is 3.63. The first-order valence-corrected chi connectivity index (χ1v) is 12.9. The molecule has 192 valence electrons. The third-order valence-electron chi connectivity index (χ3n) is 7.19. The summed E-state index contributed by atoms with van der Waals surface area (Å²) in [5.41, 5.74) is 1.47. The van der Waals surface area contributed by atoms with Crippen LogP contribution in [0.3, 0.4) is 0 Å². The SMILES string of the molecule is O=C1C=C(Br)C(=O)C2=C1C(c1ccccc1OCCO)C1=CCn3c(=O)n(-c4ccccc4)c(=O)n3C1C2. The number of hydrogen-bond donors (Lipinski definition) is 1. The number of aliphatic hydroxyl groups is 1. The van der Waals surface area contributed by atoms with Gasteiger partial charge in [-0.3, -0.25) is 9.59 Å². The van der Waals surface area contributed by atoms with Gasteiger partial charge in [0.15, 0.2) is 11.6 Å². The molecule has 6 rings (SSSR count). The molecule has 1 aliphatic heterocycles. The predicted molar refractivity (Wildman–Crippen MR) is 142 cm³/mol. The van der Waals surface area contributed by atoms with Crippen molar-refractivity contribution in [3.8, 4) is 11.4 Å². The number of carbonyl (C=O) groups is 2. The molecule has 2 aliphatic carbocycles. The minimum atomic E-state index is -0.678. The maximum Gasteiger partial charge on any atom is 0.352 e. The van der Waals surface area contributed by atoms with E-state index in [1.54, 1.807) is 42.5 Å². The minimum Gasteiger partial charge on any atom is -0.491 e. The van der Waals surface area contributed by atoms with Crippen LogP contribution in [0.1, 0.15) is 23.9 Å². The molecule has 1 aromatic heterocycles. The van der Waals surface area contributed by atoms with Crippen LogP contribution in [0.2, 0.25) is 0 Å². The second kappa shape index (κ2) is 9.38. The van der Waals surface area contributed by atoms with E-state index in [4.69, 9.17) is 4.74 Å². The molecule has 0 bridgehead atoms. The first-order chi connectivity index (χ1) is 18.4. The van der Waals surface area contributed by atoms with E-state index in [0.29, 0.717) is 28.1 Å². The number of aromatic nitrogens is 3. The van der Waals surface area contributed by atoms with Gasteiger partial charge in [0.05, 0.1) is 29.4 Å². The fraction of sp³-hybridized carbons (Fsp3) is 0.214.